The van der Waals surface area contributed by atoms with Crippen molar-refractivity contribution in [3.63, 3.8) is 0 Å². The van der Waals surface area contributed by atoms with Crippen molar-refractivity contribution in [3.8, 4) is 0 Å². The smallest absolute Gasteiger partial charge is 0.289 e. The fraction of sp³-hybridized carbons (Fsp3) is 0.368. The summed E-state index contributed by atoms with van der Waals surface area (Å²) < 4.78 is 28.0. The highest BCUT2D eigenvalue weighted by Crippen LogP contribution is 2.22. The average Bonchev–Trinajstić information content (AvgIpc) is 2.68. The first kappa shape index (κ1) is 22.5. The summed E-state index contributed by atoms with van der Waals surface area (Å²) in [6.07, 6.45) is 3.57. The lowest BCUT2D eigenvalue weighted by molar-refractivity contribution is -0.387. The molecule has 0 unspecified atom stereocenters. The molecule has 0 spiro atoms. The Morgan fingerprint density at radius 2 is 1.57 bits per heavy atom. The molecule has 0 aliphatic heterocycles. The van der Waals surface area contributed by atoms with E-state index in [9.17, 15) is 18.5 Å². The van der Waals surface area contributed by atoms with Crippen LogP contribution in [0.15, 0.2) is 57.9 Å². The Kier molecular flexibility index (Phi) is 9.04. The predicted molar refractivity (Wildman–Crippen MR) is 113 cm³/mol. The zero-order valence-electron chi connectivity index (χ0n) is 15.4. The monoisotopic (exact) mass is 469 g/mol. The number of sulfonamides is 1. The molecule has 0 atom stereocenters. The third kappa shape index (κ3) is 7.31. The minimum atomic E-state index is -3.88. The van der Waals surface area contributed by atoms with E-state index in [1.165, 1.54) is 29.8 Å². The quantitative estimate of drug-likeness (QED) is 0.278. The van der Waals surface area contributed by atoms with Gasteiger partial charge in [0.05, 0.1) is 4.92 Å². The van der Waals surface area contributed by atoms with Crippen LogP contribution in [-0.2, 0) is 16.6 Å². The van der Waals surface area contributed by atoms with E-state index in [2.05, 4.69) is 38.1 Å². The SMILES string of the molecule is O=[N+]([O-])c1ccccc1S(=O)(=O)NCCCCCCNCc1ccc(Br)cc1. The molecule has 0 heterocycles. The number of nitrogens with one attached hydrogen (secondary N) is 2. The van der Waals surface area contributed by atoms with Crippen LogP contribution in [0.4, 0.5) is 5.69 Å². The van der Waals surface area contributed by atoms with E-state index >= 15 is 0 Å². The van der Waals surface area contributed by atoms with Gasteiger partial charge in [0.15, 0.2) is 4.90 Å². The molecule has 0 aliphatic carbocycles. The van der Waals surface area contributed by atoms with E-state index < -0.39 is 20.6 Å². The van der Waals surface area contributed by atoms with E-state index in [-0.39, 0.29) is 11.4 Å². The first-order valence-corrected chi connectivity index (χ1v) is 11.4. The number of rotatable bonds is 12. The largest absolute Gasteiger partial charge is 0.313 e. The first-order chi connectivity index (χ1) is 13.4. The summed E-state index contributed by atoms with van der Waals surface area (Å²) in [7, 11) is -3.88. The lowest BCUT2D eigenvalue weighted by Gasteiger charge is -2.08. The predicted octanol–water partition coefficient (Wildman–Crippen LogP) is 3.99. The highest BCUT2D eigenvalue weighted by molar-refractivity contribution is 9.10. The number of unbranched alkanes of at least 4 members (excludes halogenated alkanes) is 3. The minimum absolute atomic E-state index is 0.265. The Morgan fingerprint density at radius 3 is 2.25 bits per heavy atom. The fourth-order valence-electron chi connectivity index (χ4n) is 2.68. The van der Waals surface area contributed by atoms with E-state index in [0.717, 1.165) is 36.8 Å². The van der Waals surface area contributed by atoms with Crippen LogP contribution in [0, 0.1) is 10.1 Å². The van der Waals surface area contributed by atoms with Crippen molar-refractivity contribution in [2.75, 3.05) is 13.1 Å². The number of hydrogen-bond acceptors (Lipinski definition) is 5. The second kappa shape index (κ2) is 11.3. The van der Waals surface area contributed by atoms with E-state index in [0.29, 0.717) is 6.42 Å². The van der Waals surface area contributed by atoms with Gasteiger partial charge >= 0.3 is 0 Å². The van der Waals surface area contributed by atoms with Crippen molar-refractivity contribution in [1.29, 1.82) is 0 Å². The van der Waals surface area contributed by atoms with Gasteiger partial charge in [-0.1, -0.05) is 53.0 Å². The molecule has 0 amide bonds. The van der Waals surface area contributed by atoms with Gasteiger partial charge in [0.1, 0.15) is 0 Å². The molecule has 0 saturated carbocycles. The van der Waals surface area contributed by atoms with Crippen LogP contribution in [0.5, 0.6) is 0 Å². The summed E-state index contributed by atoms with van der Waals surface area (Å²) in [4.78, 5) is 10.0. The Balaban J connectivity index is 1.61. The van der Waals surface area contributed by atoms with Crippen molar-refractivity contribution < 1.29 is 13.3 Å². The summed E-state index contributed by atoms with van der Waals surface area (Å²) in [5.41, 5.74) is 0.819. The number of nitrogens with zero attached hydrogens (tertiary/aromatic N) is 1. The molecule has 2 aromatic carbocycles. The molecule has 0 aliphatic rings. The topological polar surface area (TPSA) is 101 Å². The van der Waals surface area contributed by atoms with E-state index in [1.54, 1.807) is 0 Å². The fourth-order valence-corrected chi connectivity index (χ4v) is 4.19. The van der Waals surface area contributed by atoms with Crippen LogP contribution in [-0.4, -0.2) is 26.4 Å². The van der Waals surface area contributed by atoms with Crippen LogP contribution in [0.3, 0.4) is 0 Å². The van der Waals surface area contributed by atoms with Gasteiger partial charge in [0, 0.05) is 23.6 Å². The molecule has 2 aromatic rings. The molecule has 2 rings (SSSR count). The summed E-state index contributed by atoms with van der Waals surface area (Å²) in [6, 6.07) is 13.5. The number of hydrogen-bond donors (Lipinski definition) is 2. The number of halogens is 1. The summed E-state index contributed by atoms with van der Waals surface area (Å²) in [5.74, 6) is 0. The van der Waals surface area contributed by atoms with Crippen LogP contribution in [0.25, 0.3) is 0 Å². The Morgan fingerprint density at radius 1 is 0.929 bits per heavy atom. The van der Waals surface area contributed by atoms with Crippen molar-refractivity contribution in [1.82, 2.24) is 10.0 Å². The number of nitro benzene ring substituents is 1. The molecule has 0 aromatic heterocycles. The normalized spacial score (nSPS) is 11.5. The van der Waals surface area contributed by atoms with Gasteiger partial charge in [-0.25, -0.2) is 13.1 Å². The molecule has 7 nitrogen and oxygen atoms in total. The molecule has 0 fully saturated rings. The lowest BCUT2D eigenvalue weighted by atomic mass is 10.2. The van der Waals surface area contributed by atoms with Gasteiger partial charge in [-0.2, -0.15) is 0 Å². The maximum atomic E-state index is 12.3. The number of benzene rings is 2. The zero-order valence-corrected chi connectivity index (χ0v) is 17.8. The van der Waals surface area contributed by atoms with Crippen LogP contribution >= 0.6 is 15.9 Å². The van der Waals surface area contributed by atoms with Crippen molar-refractivity contribution in [2.24, 2.45) is 0 Å². The maximum Gasteiger partial charge on any atom is 0.289 e. The summed E-state index contributed by atoms with van der Waals surface area (Å²) in [6.45, 7) is 1.99. The third-order valence-corrected chi connectivity index (χ3v) is 6.20. The Bertz CT molecular complexity index is 873. The van der Waals surface area contributed by atoms with Gasteiger partial charge < -0.3 is 5.32 Å². The summed E-state index contributed by atoms with van der Waals surface area (Å²) >= 11 is 3.41. The standard InChI is InChI=1S/C19H24BrN3O4S/c20-17-11-9-16(10-12-17)15-21-13-5-1-2-6-14-22-28(26,27)19-8-4-3-7-18(19)23(24)25/h3-4,7-12,21-22H,1-2,5-6,13-15H2. The third-order valence-electron chi connectivity index (χ3n) is 4.17. The highest BCUT2D eigenvalue weighted by Gasteiger charge is 2.24. The van der Waals surface area contributed by atoms with Crippen LogP contribution in [0.1, 0.15) is 31.2 Å². The van der Waals surface area contributed by atoms with Gasteiger partial charge in [0.25, 0.3) is 5.69 Å². The van der Waals surface area contributed by atoms with Crippen LogP contribution < -0.4 is 10.0 Å². The summed E-state index contributed by atoms with van der Waals surface area (Å²) in [5, 5.41) is 14.4. The second-order valence-electron chi connectivity index (χ2n) is 6.34. The highest BCUT2D eigenvalue weighted by atomic mass is 79.9. The molecule has 28 heavy (non-hydrogen) atoms. The van der Waals surface area contributed by atoms with Crippen LogP contribution in [0.2, 0.25) is 0 Å². The molecule has 152 valence electrons. The van der Waals surface area contributed by atoms with Gasteiger partial charge in [-0.15, -0.1) is 0 Å². The van der Waals surface area contributed by atoms with Gasteiger partial charge in [-0.3, -0.25) is 10.1 Å². The minimum Gasteiger partial charge on any atom is -0.313 e. The molecular formula is C19H24BrN3O4S. The lowest BCUT2D eigenvalue weighted by Crippen LogP contribution is -2.25. The Hall–Kier alpha value is -1.81. The molecule has 2 N–H and O–H groups in total. The molecular weight excluding hydrogens is 446 g/mol. The number of nitro groups is 1. The van der Waals surface area contributed by atoms with E-state index in [4.69, 9.17) is 0 Å². The molecule has 0 radical (unpaired) electrons. The van der Waals surface area contributed by atoms with Crippen molar-refractivity contribution in [2.45, 2.75) is 37.1 Å². The molecule has 9 heteroatoms. The zero-order chi connectivity index (χ0) is 20.4. The van der Waals surface area contributed by atoms with Gasteiger partial charge in [-0.05, 0) is 43.1 Å². The van der Waals surface area contributed by atoms with Gasteiger partial charge in [0.2, 0.25) is 10.0 Å². The molecule has 0 bridgehead atoms. The van der Waals surface area contributed by atoms with Crippen molar-refractivity contribution in [3.05, 3.63) is 68.7 Å². The first-order valence-electron chi connectivity index (χ1n) is 9.08. The van der Waals surface area contributed by atoms with Crippen molar-refractivity contribution >= 4 is 31.6 Å². The molecule has 0 saturated heterocycles. The number of para-hydroxylation sites is 1. The van der Waals surface area contributed by atoms with E-state index in [1.807, 2.05) is 12.1 Å². The Labute approximate surface area is 173 Å². The average molecular weight is 470 g/mol. The second-order valence-corrected chi connectivity index (χ2v) is 8.99. The maximum absolute atomic E-state index is 12.3.